The number of carbonyl (C=O) groups excluding carboxylic acids is 3. The van der Waals surface area contributed by atoms with Crippen LogP contribution in [-0.4, -0.2) is 81.9 Å². The van der Waals surface area contributed by atoms with Crippen molar-refractivity contribution in [2.75, 3.05) is 32.6 Å². The van der Waals surface area contributed by atoms with Gasteiger partial charge in [0.05, 0.1) is 5.25 Å². The minimum absolute atomic E-state index is 0.0930. The van der Waals surface area contributed by atoms with Crippen LogP contribution in [-0.2, 0) is 14.4 Å². The summed E-state index contributed by atoms with van der Waals surface area (Å²) in [5, 5.41) is 20.5. The summed E-state index contributed by atoms with van der Waals surface area (Å²) < 4.78 is 0. The molecule has 0 aliphatic heterocycles. The summed E-state index contributed by atoms with van der Waals surface area (Å²) in [5.74, 6) is -0.346. The first-order valence-electron chi connectivity index (χ1n) is 9.54. The number of aliphatic imine (C=N–C) groups is 1. The number of carbonyl (C=O) groups is 4. The van der Waals surface area contributed by atoms with Crippen molar-refractivity contribution in [2.24, 2.45) is 4.99 Å². The molecule has 0 aliphatic rings. The highest BCUT2D eigenvalue weighted by Crippen LogP contribution is 2.19. The summed E-state index contributed by atoms with van der Waals surface area (Å²) in [5.41, 5.74) is 0. The van der Waals surface area contributed by atoms with Gasteiger partial charge in [-0.1, -0.05) is 24.6 Å². The van der Waals surface area contributed by atoms with Gasteiger partial charge in [-0.3, -0.25) is 19.2 Å². The summed E-state index contributed by atoms with van der Waals surface area (Å²) in [6.45, 7) is 0. The van der Waals surface area contributed by atoms with Gasteiger partial charge in [-0.25, -0.2) is 9.79 Å². The molecule has 0 saturated carbocycles. The van der Waals surface area contributed by atoms with E-state index in [0.717, 1.165) is 36.8 Å². The Hall–Kier alpha value is -1.34. The Labute approximate surface area is 208 Å². The van der Waals surface area contributed by atoms with E-state index in [1.165, 1.54) is 31.9 Å². The second-order valence-corrected chi connectivity index (χ2v) is 9.07. The van der Waals surface area contributed by atoms with Gasteiger partial charge >= 0.3 is 11.9 Å². The topological polar surface area (TPSA) is 162 Å². The van der Waals surface area contributed by atoms with Gasteiger partial charge in [0.1, 0.15) is 5.25 Å². The average molecular weight is 532 g/mol. The lowest BCUT2D eigenvalue weighted by Gasteiger charge is -2.10. The number of rotatable bonds is 12. The molecule has 0 saturated heterocycles. The van der Waals surface area contributed by atoms with E-state index in [-0.39, 0.29) is 10.5 Å². The van der Waals surface area contributed by atoms with Crippen molar-refractivity contribution >= 4 is 77.3 Å². The van der Waals surface area contributed by atoms with Gasteiger partial charge < -0.3 is 20.8 Å². The summed E-state index contributed by atoms with van der Waals surface area (Å²) in [6.07, 6.45) is 5.64. The molecular weight excluding hydrogens is 498 g/mol. The number of nitrogens with one attached hydrogen (secondary N) is 2. The Balaban J connectivity index is -0.000000502. The van der Waals surface area contributed by atoms with Crippen LogP contribution in [0.3, 0.4) is 0 Å². The lowest BCUT2D eigenvalue weighted by atomic mass is 10.2. The van der Waals surface area contributed by atoms with Crippen molar-refractivity contribution < 1.29 is 34.2 Å². The first-order valence-corrected chi connectivity index (χ1v) is 12.6. The lowest BCUT2D eigenvalue weighted by Crippen LogP contribution is -2.22. The normalized spacial score (nSPS) is 11.2. The summed E-state index contributed by atoms with van der Waals surface area (Å²) in [6, 6.07) is 0. The fourth-order valence-corrected chi connectivity index (χ4v) is 3.51. The number of unbranched alkanes of at least 4 members (excludes halogenated alkanes) is 2. The van der Waals surface area contributed by atoms with E-state index in [2.05, 4.69) is 40.9 Å². The maximum atomic E-state index is 11.1. The summed E-state index contributed by atoms with van der Waals surface area (Å²) >= 11 is 9.83. The minimum Gasteiger partial charge on any atom is -0.480 e. The van der Waals surface area contributed by atoms with Crippen LogP contribution < -0.4 is 10.6 Å². The molecule has 10 nitrogen and oxygen atoms in total. The van der Waals surface area contributed by atoms with Gasteiger partial charge in [-0.2, -0.15) is 25.3 Å². The zero-order chi connectivity index (χ0) is 25.4. The third kappa shape index (κ3) is 26.7. The molecule has 0 fully saturated rings. The van der Waals surface area contributed by atoms with Crippen LogP contribution in [0.2, 0.25) is 0 Å². The van der Waals surface area contributed by atoms with E-state index in [1.54, 1.807) is 7.05 Å². The summed E-state index contributed by atoms with van der Waals surface area (Å²) in [4.78, 5) is 54.9. The van der Waals surface area contributed by atoms with Crippen molar-refractivity contribution in [3.05, 3.63) is 0 Å². The number of carboxylic acids is 2. The Morgan fingerprint density at radius 2 is 1.50 bits per heavy atom. The molecule has 32 heavy (non-hydrogen) atoms. The number of isocyanates is 1. The highest BCUT2D eigenvalue weighted by atomic mass is 32.2. The number of hydrogen-bond donors (Lipinski definition) is 6. The molecule has 0 bridgehead atoms. The Morgan fingerprint density at radius 1 is 0.969 bits per heavy atom. The van der Waals surface area contributed by atoms with Crippen molar-refractivity contribution in [1.29, 1.82) is 0 Å². The largest absolute Gasteiger partial charge is 0.480 e. The van der Waals surface area contributed by atoms with Crippen LogP contribution in [0.4, 0.5) is 9.59 Å². The number of nitrogens with zero attached hydrogens (tertiary/aromatic N) is 1. The third-order valence-corrected chi connectivity index (χ3v) is 6.18. The van der Waals surface area contributed by atoms with Gasteiger partial charge in [-0.05, 0) is 43.2 Å². The van der Waals surface area contributed by atoms with Gasteiger partial charge in [0, 0.05) is 26.9 Å². The van der Waals surface area contributed by atoms with E-state index in [0.29, 0.717) is 25.0 Å². The number of carboxylic acid groups (broad SMARTS) is 2. The van der Waals surface area contributed by atoms with E-state index in [9.17, 15) is 19.2 Å². The van der Waals surface area contributed by atoms with E-state index in [4.69, 9.17) is 15.0 Å². The molecule has 0 radical (unpaired) electrons. The predicted octanol–water partition coefficient (Wildman–Crippen LogP) is 3.18. The molecule has 2 atom stereocenters. The minimum atomic E-state index is -0.984. The maximum Gasteiger partial charge on any atom is 0.317 e. The number of aliphatic carboxylic acids is 2. The van der Waals surface area contributed by atoms with Crippen molar-refractivity contribution in [1.82, 2.24) is 10.6 Å². The smallest absolute Gasteiger partial charge is 0.317 e. The van der Waals surface area contributed by atoms with E-state index in [1.807, 2.05) is 0 Å². The Kier molecular flexibility index (Phi) is 28.6. The molecule has 14 heteroatoms. The quantitative estimate of drug-likeness (QED) is 0.0961. The molecule has 186 valence electrons. The van der Waals surface area contributed by atoms with Crippen molar-refractivity contribution in [2.45, 2.75) is 49.0 Å². The molecule has 0 rings (SSSR count). The number of thiol groups is 2. The molecule has 2 amide bonds. The average Bonchev–Trinajstić information content (AvgIpc) is 2.77. The maximum absolute atomic E-state index is 11.1. The van der Waals surface area contributed by atoms with Crippen molar-refractivity contribution in [3.63, 3.8) is 0 Å². The molecule has 0 aliphatic carbocycles. The highest BCUT2D eigenvalue weighted by Gasteiger charge is 2.20. The molecule has 0 aromatic rings. The van der Waals surface area contributed by atoms with Crippen molar-refractivity contribution in [3.8, 4) is 0 Å². The Bertz CT molecular complexity index is 591. The molecular formula is C18H33N3O7S4. The van der Waals surface area contributed by atoms with Gasteiger partial charge in [0.15, 0.2) is 0 Å². The molecule has 4 N–H and O–H groups in total. The number of amides is 2. The zero-order valence-electron chi connectivity index (χ0n) is 18.4. The molecule has 0 aromatic heterocycles. The van der Waals surface area contributed by atoms with E-state index >= 15 is 0 Å². The fraction of sp³-hybridized carbons (Fsp3) is 0.722. The monoisotopic (exact) mass is 531 g/mol. The van der Waals surface area contributed by atoms with Gasteiger partial charge in [-0.15, -0.1) is 0 Å². The second kappa shape index (κ2) is 25.9. The predicted molar refractivity (Wildman–Crippen MR) is 136 cm³/mol. The lowest BCUT2D eigenvalue weighted by molar-refractivity contribution is -0.137. The Morgan fingerprint density at radius 3 is 1.91 bits per heavy atom. The second-order valence-electron chi connectivity index (χ2n) is 5.75. The standard InChI is InChI=1S/C10H18N2O4S2.C6H12O2S2.C2H3NO/c1-11-9(15)17-6-4-3-5-7(8(13)14)18-10(16)12-2;7-6(8)5(10)3-1-2-4-9;1-3-2-4/h7H,3-6H2,1-2H3,(H,11,15)(H,12,16)(H,13,14);5,9-10H,1-4H2,(H,7,8);1H3. The zero-order valence-corrected chi connectivity index (χ0v) is 21.8. The van der Waals surface area contributed by atoms with Crippen LogP contribution in [0, 0.1) is 0 Å². The summed E-state index contributed by atoms with van der Waals surface area (Å²) in [7, 11) is 4.41. The molecule has 0 aromatic carbocycles. The highest BCUT2D eigenvalue weighted by molar-refractivity contribution is 8.14. The SMILES string of the molecule is CN=C=O.CNC(=O)SCCCCC(SC(=O)NC)C(=O)O.O=C(O)C(S)CCCCS. The van der Waals surface area contributed by atoms with Crippen LogP contribution in [0.1, 0.15) is 38.5 Å². The first-order chi connectivity index (χ1) is 15.1. The van der Waals surface area contributed by atoms with Crippen LogP contribution in [0.25, 0.3) is 0 Å². The van der Waals surface area contributed by atoms with Gasteiger partial charge in [0.2, 0.25) is 6.08 Å². The number of thioether (sulfide) groups is 2. The van der Waals surface area contributed by atoms with E-state index < -0.39 is 22.4 Å². The molecule has 0 spiro atoms. The van der Waals surface area contributed by atoms with Crippen LogP contribution >= 0.6 is 48.8 Å². The molecule has 0 heterocycles. The van der Waals surface area contributed by atoms with Crippen LogP contribution in [0.5, 0.6) is 0 Å². The third-order valence-electron chi connectivity index (χ3n) is 3.29. The van der Waals surface area contributed by atoms with Crippen LogP contribution in [0.15, 0.2) is 4.99 Å². The van der Waals surface area contributed by atoms with Gasteiger partial charge in [0.25, 0.3) is 10.5 Å². The fourth-order valence-electron chi connectivity index (χ4n) is 1.66. The number of hydrogen-bond acceptors (Lipinski definition) is 10. The first kappa shape index (κ1) is 35.3. The molecule has 2 unspecified atom stereocenters.